The molecule has 0 saturated heterocycles. The molecule has 1 heterocycles. The summed E-state index contributed by atoms with van der Waals surface area (Å²) in [4.78, 5) is 16.2. The van der Waals surface area contributed by atoms with Gasteiger partial charge in [-0.2, -0.15) is 0 Å². The Labute approximate surface area is 128 Å². The van der Waals surface area contributed by atoms with Gasteiger partial charge < -0.3 is 15.6 Å². The summed E-state index contributed by atoms with van der Waals surface area (Å²) >= 11 is 6.09. The summed E-state index contributed by atoms with van der Waals surface area (Å²) in [5, 5.41) is 3.23. The fraction of sp³-hybridized carbons (Fsp3) is 0.200. The Bertz CT molecular complexity index is 712. The van der Waals surface area contributed by atoms with Crippen LogP contribution in [-0.4, -0.2) is 22.0 Å². The molecule has 0 radical (unpaired) electrons. The fourth-order valence-corrected chi connectivity index (χ4v) is 1.96. The third kappa shape index (κ3) is 3.85. The quantitative estimate of drug-likeness (QED) is 0.840. The van der Waals surface area contributed by atoms with Crippen LogP contribution in [0.3, 0.4) is 0 Å². The molecule has 5 nitrogen and oxygen atoms in total. The third-order valence-corrected chi connectivity index (χ3v) is 3.20. The van der Waals surface area contributed by atoms with Crippen molar-refractivity contribution in [1.29, 1.82) is 0 Å². The number of nitrogens with zero attached hydrogens (tertiary/aromatic N) is 2. The van der Waals surface area contributed by atoms with E-state index in [2.05, 4.69) is 22.1 Å². The van der Waals surface area contributed by atoms with Crippen molar-refractivity contribution in [3.05, 3.63) is 52.6 Å². The van der Waals surface area contributed by atoms with Crippen LogP contribution in [0, 0.1) is 11.8 Å². The van der Waals surface area contributed by atoms with Crippen molar-refractivity contribution >= 4 is 17.5 Å². The van der Waals surface area contributed by atoms with Crippen LogP contribution in [0.15, 0.2) is 30.6 Å². The molecule has 108 valence electrons. The minimum atomic E-state index is -0.210. The van der Waals surface area contributed by atoms with Crippen LogP contribution in [0.1, 0.15) is 21.7 Å². The van der Waals surface area contributed by atoms with Crippen molar-refractivity contribution in [2.75, 3.05) is 6.54 Å². The zero-order chi connectivity index (χ0) is 15.2. The first-order valence-electron chi connectivity index (χ1n) is 6.34. The van der Waals surface area contributed by atoms with Gasteiger partial charge in [-0.05, 0) is 18.2 Å². The van der Waals surface area contributed by atoms with Gasteiger partial charge in [-0.1, -0.05) is 23.4 Å². The van der Waals surface area contributed by atoms with E-state index in [0.717, 1.165) is 5.82 Å². The molecule has 2 aromatic rings. The maximum Gasteiger partial charge on any atom is 0.251 e. The highest BCUT2D eigenvalue weighted by molar-refractivity contribution is 6.32. The lowest BCUT2D eigenvalue weighted by Crippen LogP contribution is -2.24. The van der Waals surface area contributed by atoms with Gasteiger partial charge in [-0.15, -0.1) is 0 Å². The summed E-state index contributed by atoms with van der Waals surface area (Å²) in [6, 6.07) is 4.98. The Balaban J connectivity index is 2.06. The molecule has 0 aliphatic rings. The lowest BCUT2D eigenvalue weighted by molar-refractivity contribution is 0.0949. The van der Waals surface area contributed by atoms with Crippen molar-refractivity contribution < 1.29 is 4.79 Å². The highest BCUT2D eigenvalue weighted by atomic mass is 35.5. The molecule has 0 spiro atoms. The van der Waals surface area contributed by atoms with E-state index in [9.17, 15) is 4.79 Å². The average Bonchev–Trinajstić information content (AvgIpc) is 2.88. The second kappa shape index (κ2) is 6.93. The van der Waals surface area contributed by atoms with E-state index in [1.54, 1.807) is 24.4 Å². The Morgan fingerprint density at radius 3 is 2.95 bits per heavy atom. The second-order valence-electron chi connectivity index (χ2n) is 4.34. The summed E-state index contributed by atoms with van der Waals surface area (Å²) in [6.07, 6.45) is 3.51. The minimum absolute atomic E-state index is 0.210. The van der Waals surface area contributed by atoms with E-state index in [4.69, 9.17) is 17.3 Å². The van der Waals surface area contributed by atoms with Gasteiger partial charge in [0.15, 0.2) is 0 Å². The number of benzene rings is 1. The molecular weight excluding hydrogens is 288 g/mol. The van der Waals surface area contributed by atoms with Gasteiger partial charge >= 0.3 is 0 Å². The van der Waals surface area contributed by atoms with E-state index >= 15 is 0 Å². The number of aromatic nitrogens is 2. The second-order valence-corrected chi connectivity index (χ2v) is 4.74. The molecule has 21 heavy (non-hydrogen) atoms. The molecule has 3 N–H and O–H groups in total. The van der Waals surface area contributed by atoms with Crippen LogP contribution in [-0.2, 0) is 13.6 Å². The van der Waals surface area contributed by atoms with Crippen molar-refractivity contribution in [3.63, 3.8) is 0 Å². The average molecular weight is 303 g/mol. The summed E-state index contributed by atoms with van der Waals surface area (Å²) in [5.41, 5.74) is 6.45. The Morgan fingerprint density at radius 2 is 2.33 bits per heavy atom. The maximum atomic E-state index is 12.1. The smallest absolute Gasteiger partial charge is 0.251 e. The number of nitrogens with two attached hydrogens (primary N) is 1. The van der Waals surface area contributed by atoms with E-state index in [1.165, 1.54) is 0 Å². The van der Waals surface area contributed by atoms with E-state index in [0.29, 0.717) is 22.7 Å². The summed E-state index contributed by atoms with van der Waals surface area (Å²) in [5.74, 6) is 6.14. The van der Waals surface area contributed by atoms with E-state index < -0.39 is 0 Å². The van der Waals surface area contributed by atoms with Gasteiger partial charge in [0.2, 0.25) is 0 Å². The number of hydrogen-bond donors (Lipinski definition) is 2. The number of aryl methyl sites for hydroxylation is 1. The molecule has 0 unspecified atom stereocenters. The van der Waals surface area contributed by atoms with Gasteiger partial charge in [0.25, 0.3) is 5.91 Å². The van der Waals surface area contributed by atoms with Gasteiger partial charge in [0.1, 0.15) is 5.82 Å². The van der Waals surface area contributed by atoms with Crippen LogP contribution >= 0.6 is 11.6 Å². The fourth-order valence-electron chi connectivity index (χ4n) is 1.73. The Morgan fingerprint density at radius 1 is 1.52 bits per heavy atom. The van der Waals surface area contributed by atoms with Gasteiger partial charge in [0, 0.05) is 30.6 Å². The first-order chi connectivity index (χ1) is 10.1. The van der Waals surface area contributed by atoms with E-state index in [1.807, 2.05) is 17.8 Å². The molecule has 6 heteroatoms. The topological polar surface area (TPSA) is 72.9 Å². The summed E-state index contributed by atoms with van der Waals surface area (Å²) in [7, 11) is 1.87. The number of hydrogen-bond acceptors (Lipinski definition) is 3. The number of halogens is 1. The molecular formula is C15H15ClN4O. The first kappa shape index (κ1) is 15.1. The Hall–Kier alpha value is -2.29. The van der Waals surface area contributed by atoms with E-state index in [-0.39, 0.29) is 12.5 Å². The number of carbonyl (C=O) groups excluding carboxylic acids is 1. The third-order valence-electron chi connectivity index (χ3n) is 2.88. The van der Waals surface area contributed by atoms with Crippen LogP contribution in [0.2, 0.25) is 5.02 Å². The lowest BCUT2D eigenvalue weighted by atomic mass is 10.1. The van der Waals surface area contributed by atoms with Crippen molar-refractivity contribution in [3.8, 4) is 11.8 Å². The van der Waals surface area contributed by atoms with Crippen LogP contribution < -0.4 is 11.1 Å². The molecule has 0 atom stereocenters. The molecule has 0 aliphatic heterocycles. The highest BCUT2D eigenvalue weighted by Gasteiger charge is 2.09. The highest BCUT2D eigenvalue weighted by Crippen LogP contribution is 2.17. The SMILES string of the molecule is Cn1ccnc1CNC(=O)c1ccc(C#CCN)c(Cl)c1. The van der Waals surface area contributed by atoms with Crippen LogP contribution in [0.5, 0.6) is 0 Å². The lowest BCUT2D eigenvalue weighted by Gasteiger charge is -2.06. The number of amides is 1. The summed E-state index contributed by atoms with van der Waals surface area (Å²) in [6.45, 7) is 0.622. The van der Waals surface area contributed by atoms with Gasteiger partial charge in [-0.3, -0.25) is 4.79 Å². The monoisotopic (exact) mass is 302 g/mol. The predicted octanol–water partition coefficient (Wildman–Crippen LogP) is 1.31. The molecule has 2 rings (SSSR count). The molecule has 1 aromatic carbocycles. The largest absolute Gasteiger partial charge is 0.345 e. The predicted molar refractivity (Wildman–Crippen MR) is 81.8 cm³/mol. The first-order valence-corrected chi connectivity index (χ1v) is 6.72. The van der Waals surface area contributed by atoms with Gasteiger partial charge in [0.05, 0.1) is 18.1 Å². The normalized spacial score (nSPS) is 9.86. The number of rotatable bonds is 3. The molecule has 1 aromatic heterocycles. The number of imidazole rings is 1. The zero-order valence-electron chi connectivity index (χ0n) is 11.6. The molecule has 0 bridgehead atoms. The molecule has 0 aliphatic carbocycles. The minimum Gasteiger partial charge on any atom is -0.345 e. The molecule has 1 amide bonds. The van der Waals surface area contributed by atoms with Crippen LogP contribution in [0.4, 0.5) is 0 Å². The molecule has 0 saturated carbocycles. The maximum absolute atomic E-state index is 12.1. The van der Waals surface area contributed by atoms with Crippen molar-refractivity contribution in [1.82, 2.24) is 14.9 Å². The van der Waals surface area contributed by atoms with Gasteiger partial charge in [-0.25, -0.2) is 4.98 Å². The molecule has 0 fully saturated rings. The standard InChI is InChI=1S/C15H15ClN4O/c1-20-8-7-18-14(20)10-19-15(21)12-5-4-11(3-2-6-17)13(16)9-12/h4-5,7-9H,6,10,17H2,1H3,(H,19,21). The number of nitrogens with one attached hydrogen (secondary N) is 1. The number of carbonyl (C=O) groups is 1. The Kier molecular flexibility index (Phi) is 4.99. The summed E-state index contributed by atoms with van der Waals surface area (Å²) < 4.78 is 1.85. The zero-order valence-corrected chi connectivity index (χ0v) is 12.3. The van der Waals surface area contributed by atoms with Crippen LogP contribution in [0.25, 0.3) is 0 Å². The van der Waals surface area contributed by atoms with Crippen molar-refractivity contribution in [2.45, 2.75) is 6.54 Å². The van der Waals surface area contributed by atoms with Crippen molar-refractivity contribution in [2.24, 2.45) is 12.8 Å².